The Hall–Kier alpha value is -1.14. The minimum atomic E-state index is -0.966. The summed E-state index contributed by atoms with van der Waals surface area (Å²) in [5.74, 6) is -1.93. The van der Waals surface area contributed by atoms with E-state index in [-0.39, 0.29) is 0 Å². The number of rotatable bonds is 2. The van der Waals surface area contributed by atoms with Crippen LogP contribution < -0.4 is 10.9 Å². The lowest BCUT2D eigenvalue weighted by Crippen LogP contribution is -2.57. The molecule has 1 aliphatic heterocycles. The van der Waals surface area contributed by atoms with Gasteiger partial charge in [0.25, 0.3) is 0 Å². The maximum atomic E-state index is 10.4. The second kappa shape index (κ2) is 3.51. The molecule has 0 bridgehead atoms. The van der Waals surface area contributed by atoms with Gasteiger partial charge >= 0.3 is 11.9 Å². The van der Waals surface area contributed by atoms with Gasteiger partial charge in [0.05, 0.1) is 0 Å². The number of carboxylic acid groups (broad SMARTS) is 2. The summed E-state index contributed by atoms with van der Waals surface area (Å²) in [6.07, 6.45) is 0.665. The van der Waals surface area contributed by atoms with Crippen LogP contribution in [0.2, 0.25) is 0 Å². The molecule has 6 heteroatoms. The van der Waals surface area contributed by atoms with Gasteiger partial charge in [0.1, 0.15) is 12.1 Å². The normalized spacial score (nSPS) is 29.7. The van der Waals surface area contributed by atoms with Crippen molar-refractivity contribution in [3.63, 3.8) is 0 Å². The van der Waals surface area contributed by atoms with Crippen LogP contribution in [0.15, 0.2) is 0 Å². The van der Waals surface area contributed by atoms with E-state index in [0.29, 0.717) is 12.8 Å². The molecule has 4 N–H and O–H groups in total. The van der Waals surface area contributed by atoms with E-state index in [1.165, 1.54) is 0 Å². The molecule has 1 saturated heterocycles. The quantitative estimate of drug-likeness (QED) is 0.419. The zero-order valence-corrected chi connectivity index (χ0v) is 6.28. The largest absolute Gasteiger partial charge is 0.480 e. The number of carboxylic acids is 2. The molecular weight excluding hydrogens is 164 g/mol. The predicted octanol–water partition coefficient (Wildman–Crippen LogP) is -1.22. The van der Waals surface area contributed by atoms with Gasteiger partial charge in [0.2, 0.25) is 0 Å². The van der Waals surface area contributed by atoms with Gasteiger partial charge in [-0.25, -0.2) is 10.9 Å². The van der Waals surface area contributed by atoms with Crippen molar-refractivity contribution < 1.29 is 19.8 Å². The summed E-state index contributed by atoms with van der Waals surface area (Å²) in [5.41, 5.74) is 4.84. The van der Waals surface area contributed by atoms with Crippen molar-refractivity contribution in [1.29, 1.82) is 0 Å². The van der Waals surface area contributed by atoms with E-state index in [0.717, 1.165) is 0 Å². The summed E-state index contributed by atoms with van der Waals surface area (Å²) in [7, 11) is 0. The number of carbonyl (C=O) groups is 2. The number of hydrogen-bond donors (Lipinski definition) is 4. The molecule has 0 aliphatic carbocycles. The summed E-state index contributed by atoms with van der Waals surface area (Å²) in [5, 5.41) is 17.0. The molecule has 1 rings (SSSR count). The first-order valence-electron chi connectivity index (χ1n) is 3.58. The molecule has 0 amide bonds. The van der Waals surface area contributed by atoms with Crippen molar-refractivity contribution in [1.82, 2.24) is 10.9 Å². The number of hydrazine groups is 1. The lowest BCUT2D eigenvalue weighted by molar-refractivity contribution is -0.145. The Kier molecular flexibility index (Phi) is 2.61. The van der Waals surface area contributed by atoms with Crippen molar-refractivity contribution in [2.45, 2.75) is 24.9 Å². The zero-order chi connectivity index (χ0) is 9.14. The third-order valence-electron chi connectivity index (χ3n) is 1.77. The second-order valence-electron chi connectivity index (χ2n) is 2.65. The van der Waals surface area contributed by atoms with Crippen molar-refractivity contribution in [2.75, 3.05) is 0 Å². The number of hydrogen-bond acceptors (Lipinski definition) is 4. The van der Waals surface area contributed by atoms with Crippen LogP contribution in [-0.4, -0.2) is 34.2 Å². The average Bonchev–Trinajstić information content (AvgIpc) is 2.04. The molecule has 12 heavy (non-hydrogen) atoms. The molecule has 2 unspecified atom stereocenters. The van der Waals surface area contributed by atoms with E-state index in [9.17, 15) is 9.59 Å². The minimum Gasteiger partial charge on any atom is -0.480 e. The van der Waals surface area contributed by atoms with E-state index in [1.54, 1.807) is 0 Å². The molecule has 0 saturated carbocycles. The molecule has 2 atom stereocenters. The topological polar surface area (TPSA) is 98.7 Å². The molecule has 0 aromatic carbocycles. The standard InChI is InChI=1S/C6H10N2O4/c9-5(10)3-1-2-4(6(11)12)8-7-3/h3-4,7-8H,1-2H2,(H,9,10)(H,11,12). The van der Waals surface area contributed by atoms with Crippen LogP contribution in [0.3, 0.4) is 0 Å². The summed E-state index contributed by atoms with van der Waals surface area (Å²) in [6.45, 7) is 0. The molecule has 0 aromatic rings. The molecule has 68 valence electrons. The lowest BCUT2D eigenvalue weighted by atomic mass is 10.0. The smallest absolute Gasteiger partial charge is 0.322 e. The first-order valence-corrected chi connectivity index (χ1v) is 3.58. The van der Waals surface area contributed by atoms with Crippen LogP contribution >= 0.6 is 0 Å². The van der Waals surface area contributed by atoms with Crippen molar-refractivity contribution in [2.24, 2.45) is 0 Å². The molecular formula is C6H10N2O4. The van der Waals surface area contributed by atoms with Gasteiger partial charge in [0.15, 0.2) is 0 Å². The second-order valence-corrected chi connectivity index (χ2v) is 2.65. The van der Waals surface area contributed by atoms with Crippen LogP contribution in [0.25, 0.3) is 0 Å². The highest BCUT2D eigenvalue weighted by Gasteiger charge is 2.28. The minimum absolute atomic E-state index is 0.333. The van der Waals surface area contributed by atoms with Crippen LogP contribution in [-0.2, 0) is 9.59 Å². The Labute approximate surface area is 68.5 Å². The maximum absolute atomic E-state index is 10.4. The Morgan fingerprint density at radius 2 is 1.33 bits per heavy atom. The molecule has 0 aromatic heterocycles. The van der Waals surface area contributed by atoms with E-state index < -0.39 is 24.0 Å². The van der Waals surface area contributed by atoms with Crippen molar-refractivity contribution in [3.8, 4) is 0 Å². The molecule has 1 fully saturated rings. The third kappa shape index (κ3) is 1.93. The fourth-order valence-corrected chi connectivity index (χ4v) is 1.05. The van der Waals surface area contributed by atoms with Gasteiger partial charge in [-0.1, -0.05) is 0 Å². The Bertz CT molecular complexity index is 176. The van der Waals surface area contributed by atoms with Gasteiger partial charge in [0, 0.05) is 0 Å². The van der Waals surface area contributed by atoms with Crippen molar-refractivity contribution >= 4 is 11.9 Å². The molecule has 0 radical (unpaired) electrons. The molecule has 1 aliphatic rings. The number of nitrogens with one attached hydrogen (secondary N) is 2. The number of aliphatic carboxylic acids is 2. The Morgan fingerprint density at radius 3 is 1.50 bits per heavy atom. The van der Waals surface area contributed by atoms with Crippen LogP contribution in [0, 0.1) is 0 Å². The monoisotopic (exact) mass is 174 g/mol. The van der Waals surface area contributed by atoms with Gasteiger partial charge < -0.3 is 10.2 Å². The molecule has 1 heterocycles. The van der Waals surface area contributed by atoms with Crippen LogP contribution in [0.1, 0.15) is 12.8 Å². The zero-order valence-electron chi connectivity index (χ0n) is 6.28. The SMILES string of the molecule is O=C(O)C1CCC(C(=O)O)NN1. The fraction of sp³-hybridized carbons (Fsp3) is 0.667. The maximum Gasteiger partial charge on any atom is 0.322 e. The van der Waals surface area contributed by atoms with E-state index >= 15 is 0 Å². The predicted molar refractivity (Wildman–Crippen MR) is 38.4 cm³/mol. The van der Waals surface area contributed by atoms with Gasteiger partial charge in [-0.2, -0.15) is 0 Å². The third-order valence-corrected chi connectivity index (χ3v) is 1.77. The first kappa shape index (κ1) is 8.95. The van der Waals surface area contributed by atoms with Gasteiger partial charge in [-0.05, 0) is 12.8 Å². The van der Waals surface area contributed by atoms with E-state index in [2.05, 4.69) is 10.9 Å². The molecule has 6 nitrogen and oxygen atoms in total. The average molecular weight is 174 g/mol. The Morgan fingerprint density at radius 1 is 1.00 bits per heavy atom. The highest BCUT2D eigenvalue weighted by Crippen LogP contribution is 2.06. The highest BCUT2D eigenvalue weighted by atomic mass is 16.4. The summed E-state index contributed by atoms with van der Waals surface area (Å²) in [6, 6.07) is -1.36. The lowest BCUT2D eigenvalue weighted by Gasteiger charge is -2.25. The highest BCUT2D eigenvalue weighted by molar-refractivity contribution is 5.76. The summed E-state index contributed by atoms with van der Waals surface area (Å²) in [4.78, 5) is 20.8. The van der Waals surface area contributed by atoms with Crippen LogP contribution in [0.4, 0.5) is 0 Å². The van der Waals surface area contributed by atoms with Crippen molar-refractivity contribution in [3.05, 3.63) is 0 Å². The molecule has 0 spiro atoms. The van der Waals surface area contributed by atoms with Crippen LogP contribution in [0.5, 0.6) is 0 Å². The summed E-state index contributed by atoms with van der Waals surface area (Å²) >= 11 is 0. The van der Waals surface area contributed by atoms with Gasteiger partial charge in [-0.3, -0.25) is 9.59 Å². The first-order chi connectivity index (χ1) is 5.61. The van der Waals surface area contributed by atoms with E-state index in [1.807, 2.05) is 0 Å². The summed E-state index contributed by atoms with van der Waals surface area (Å²) < 4.78 is 0. The van der Waals surface area contributed by atoms with Gasteiger partial charge in [-0.15, -0.1) is 0 Å². The van der Waals surface area contributed by atoms with E-state index in [4.69, 9.17) is 10.2 Å². The fourth-order valence-electron chi connectivity index (χ4n) is 1.05. The Balaban J connectivity index is 2.39.